The maximum absolute atomic E-state index is 11.8. The highest BCUT2D eigenvalue weighted by Crippen LogP contribution is 2.21. The van der Waals surface area contributed by atoms with E-state index in [0.29, 0.717) is 12.1 Å². The number of furan rings is 1. The number of hydrogen-bond acceptors (Lipinski definition) is 2. The lowest BCUT2D eigenvalue weighted by molar-refractivity contribution is 0.0953. The van der Waals surface area contributed by atoms with Crippen molar-refractivity contribution in [2.24, 2.45) is 0 Å². The van der Waals surface area contributed by atoms with Gasteiger partial charge in [-0.15, -0.1) is 0 Å². The third-order valence-electron chi connectivity index (χ3n) is 2.60. The Balaban J connectivity index is 1.90. The van der Waals surface area contributed by atoms with Crippen molar-refractivity contribution >= 4 is 21.8 Å². The average molecular weight is 308 g/mol. The fraction of sp³-hybridized carbons (Fsp3) is 0.214. The van der Waals surface area contributed by atoms with E-state index in [1.54, 1.807) is 6.07 Å². The summed E-state index contributed by atoms with van der Waals surface area (Å²) in [6.45, 7) is 2.35. The lowest BCUT2D eigenvalue weighted by Crippen LogP contribution is -2.26. The SMILES string of the molecule is Cc1cc(C(=O)NCC(Br)c2ccccc2)co1. The molecule has 1 N–H and O–H groups in total. The Morgan fingerprint density at radius 2 is 2.11 bits per heavy atom. The highest BCUT2D eigenvalue weighted by atomic mass is 79.9. The molecule has 1 unspecified atom stereocenters. The van der Waals surface area contributed by atoms with Gasteiger partial charge in [-0.05, 0) is 18.6 Å². The molecule has 4 heteroatoms. The summed E-state index contributed by atoms with van der Waals surface area (Å²) in [5.74, 6) is 0.617. The van der Waals surface area contributed by atoms with Crippen LogP contribution in [0.2, 0.25) is 0 Å². The quantitative estimate of drug-likeness (QED) is 0.879. The largest absolute Gasteiger partial charge is 0.469 e. The highest BCUT2D eigenvalue weighted by molar-refractivity contribution is 9.09. The third-order valence-corrected chi connectivity index (χ3v) is 3.45. The van der Waals surface area contributed by atoms with E-state index < -0.39 is 0 Å². The number of aryl methyl sites for hydroxylation is 1. The Morgan fingerprint density at radius 3 is 2.72 bits per heavy atom. The molecule has 0 spiro atoms. The third kappa shape index (κ3) is 3.23. The van der Waals surface area contributed by atoms with Crippen molar-refractivity contribution < 1.29 is 9.21 Å². The summed E-state index contributed by atoms with van der Waals surface area (Å²) in [5.41, 5.74) is 1.70. The van der Waals surface area contributed by atoms with Crippen molar-refractivity contribution in [3.63, 3.8) is 0 Å². The Hall–Kier alpha value is -1.55. The van der Waals surface area contributed by atoms with Crippen LogP contribution < -0.4 is 5.32 Å². The lowest BCUT2D eigenvalue weighted by Gasteiger charge is -2.10. The first kappa shape index (κ1) is 12.9. The van der Waals surface area contributed by atoms with Gasteiger partial charge < -0.3 is 9.73 Å². The predicted octanol–water partition coefficient (Wildman–Crippen LogP) is 3.45. The molecule has 1 atom stereocenters. The molecule has 1 amide bonds. The maximum atomic E-state index is 11.8. The molecule has 2 rings (SSSR count). The number of carbonyl (C=O) groups is 1. The summed E-state index contributed by atoms with van der Waals surface area (Å²) in [6.07, 6.45) is 1.47. The van der Waals surface area contributed by atoms with Gasteiger partial charge in [-0.3, -0.25) is 4.79 Å². The van der Waals surface area contributed by atoms with Gasteiger partial charge in [0.25, 0.3) is 5.91 Å². The molecule has 2 aromatic rings. The van der Waals surface area contributed by atoms with E-state index in [4.69, 9.17) is 4.42 Å². The molecule has 94 valence electrons. The number of alkyl halides is 1. The highest BCUT2D eigenvalue weighted by Gasteiger charge is 2.11. The predicted molar refractivity (Wildman–Crippen MR) is 73.9 cm³/mol. The standard InChI is InChI=1S/C14H14BrNO2/c1-10-7-12(9-18-10)14(17)16-8-13(15)11-5-3-2-4-6-11/h2-7,9,13H,8H2,1H3,(H,16,17). The van der Waals surface area contributed by atoms with E-state index in [2.05, 4.69) is 21.2 Å². The zero-order valence-electron chi connectivity index (χ0n) is 10.0. The van der Waals surface area contributed by atoms with Crippen LogP contribution in [0.5, 0.6) is 0 Å². The van der Waals surface area contributed by atoms with Gasteiger partial charge in [0.05, 0.1) is 10.4 Å². The molecule has 1 aromatic carbocycles. The van der Waals surface area contributed by atoms with Gasteiger partial charge in [0.2, 0.25) is 0 Å². The van der Waals surface area contributed by atoms with E-state index in [0.717, 1.165) is 11.3 Å². The molecule has 0 aliphatic heterocycles. The molecule has 0 radical (unpaired) electrons. The van der Waals surface area contributed by atoms with E-state index in [9.17, 15) is 4.79 Å². The molecule has 0 saturated carbocycles. The summed E-state index contributed by atoms with van der Waals surface area (Å²) >= 11 is 3.55. The molecule has 0 aliphatic carbocycles. The van der Waals surface area contributed by atoms with Crippen LogP contribution >= 0.6 is 15.9 Å². The Labute approximate surface area is 114 Å². The molecule has 18 heavy (non-hydrogen) atoms. The van der Waals surface area contributed by atoms with Crippen LogP contribution in [0.3, 0.4) is 0 Å². The minimum Gasteiger partial charge on any atom is -0.469 e. The van der Waals surface area contributed by atoms with Crippen molar-refractivity contribution in [1.29, 1.82) is 0 Å². The van der Waals surface area contributed by atoms with Gasteiger partial charge in [0, 0.05) is 6.54 Å². The van der Waals surface area contributed by atoms with Crippen molar-refractivity contribution in [2.45, 2.75) is 11.8 Å². The lowest BCUT2D eigenvalue weighted by atomic mass is 10.1. The number of halogens is 1. The minimum absolute atomic E-state index is 0.107. The van der Waals surface area contributed by atoms with Gasteiger partial charge in [0.15, 0.2) is 0 Å². The monoisotopic (exact) mass is 307 g/mol. The summed E-state index contributed by atoms with van der Waals surface area (Å²) in [6, 6.07) is 11.7. The van der Waals surface area contributed by atoms with Gasteiger partial charge >= 0.3 is 0 Å². The molecular weight excluding hydrogens is 294 g/mol. The number of rotatable bonds is 4. The second-order valence-electron chi connectivity index (χ2n) is 4.03. The fourth-order valence-corrected chi connectivity index (χ4v) is 2.09. The van der Waals surface area contributed by atoms with Crippen LogP contribution in [0.15, 0.2) is 47.1 Å². The number of carbonyl (C=O) groups excluding carboxylic acids is 1. The molecule has 1 aromatic heterocycles. The average Bonchev–Trinajstić information content (AvgIpc) is 2.83. The fourth-order valence-electron chi connectivity index (χ4n) is 1.63. The second kappa shape index (κ2) is 5.87. The Morgan fingerprint density at radius 1 is 1.39 bits per heavy atom. The molecule has 0 fully saturated rings. The number of amides is 1. The topological polar surface area (TPSA) is 42.2 Å². The van der Waals surface area contributed by atoms with Crippen molar-refractivity contribution in [3.8, 4) is 0 Å². The van der Waals surface area contributed by atoms with Gasteiger partial charge in [-0.2, -0.15) is 0 Å². The van der Waals surface area contributed by atoms with Crippen molar-refractivity contribution in [3.05, 3.63) is 59.5 Å². The Bertz CT molecular complexity index is 522. The van der Waals surface area contributed by atoms with Gasteiger partial charge in [-0.25, -0.2) is 0 Å². The Kier molecular flexibility index (Phi) is 4.20. The number of hydrogen-bond donors (Lipinski definition) is 1. The van der Waals surface area contributed by atoms with Crippen molar-refractivity contribution in [2.75, 3.05) is 6.54 Å². The molecule has 3 nitrogen and oxygen atoms in total. The van der Waals surface area contributed by atoms with Crippen LogP contribution in [0.4, 0.5) is 0 Å². The molecule has 0 aliphatic rings. The summed E-state index contributed by atoms with van der Waals surface area (Å²) in [4.78, 5) is 11.9. The molecule has 0 saturated heterocycles. The van der Waals surface area contributed by atoms with Crippen molar-refractivity contribution in [1.82, 2.24) is 5.32 Å². The first-order chi connectivity index (χ1) is 8.66. The van der Waals surface area contributed by atoms with E-state index >= 15 is 0 Å². The molecular formula is C14H14BrNO2. The summed E-state index contributed by atoms with van der Waals surface area (Å²) in [5, 5.41) is 2.86. The zero-order chi connectivity index (χ0) is 13.0. The normalized spacial score (nSPS) is 12.1. The second-order valence-corrected chi connectivity index (χ2v) is 5.14. The smallest absolute Gasteiger partial charge is 0.254 e. The molecule has 0 bridgehead atoms. The minimum atomic E-state index is -0.118. The zero-order valence-corrected chi connectivity index (χ0v) is 11.6. The summed E-state index contributed by atoms with van der Waals surface area (Å²) < 4.78 is 5.10. The van der Waals surface area contributed by atoms with Gasteiger partial charge in [-0.1, -0.05) is 46.3 Å². The summed E-state index contributed by atoms with van der Waals surface area (Å²) in [7, 11) is 0. The van der Waals surface area contributed by atoms with Crippen LogP contribution in [-0.4, -0.2) is 12.5 Å². The van der Waals surface area contributed by atoms with E-state index in [1.807, 2.05) is 37.3 Å². The van der Waals surface area contributed by atoms with Crippen LogP contribution in [0, 0.1) is 6.92 Å². The molecule has 1 heterocycles. The van der Waals surface area contributed by atoms with Crippen LogP contribution in [-0.2, 0) is 0 Å². The first-order valence-corrected chi connectivity index (χ1v) is 6.61. The number of benzene rings is 1. The first-order valence-electron chi connectivity index (χ1n) is 5.69. The van der Waals surface area contributed by atoms with E-state index in [-0.39, 0.29) is 10.7 Å². The van der Waals surface area contributed by atoms with Crippen LogP contribution in [0.1, 0.15) is 26.5 Å². The van der Waals surface area contributed by atoms with E-state index in [1.165, 1.54) is 6.26 Å². The van der Waals surface area contributed by atoms with Gasteiger partial charge in [0.1, 0.15) is 12.0 Å². The number of nitrogens with one attached hydrogen (secondary N) is 1. The maximum Gasteiger partial charge on any atom is 0.254 e. The van der Waals surface area contributed by atoms with Crippen LogP contribution in [0.25, 0.3) is 0 Å².